The summed E-state index contributed by atoms with van der Waals surface area (Å²) in [5, 5.41) is 13.9. The van der Waals surface area contributed by atoms with Gasteiger partial charge in [0.2, 0.25) is 5.82 Å². The molecular formula is C13H14N4O2. The first-order valence-corrected chi connectivity index (χ1v) is 5.76. The zero-order valence-electron chi connectivity index (χ0n) is 10.5. The molecule has 0 aliphatic rings. The average Bonchev–Trinajstić information content (AvgIpc) is 2.38. The van der Waals surface area contributed by atoms with E-state index in [1.165, 1.54) is 6.07 Å². The van der Waals surface area contributed by atoms with Gasteiger partial charge >= 0.3 is 5.69 Å². The van der Waals surface area contributed by atoms with Crippen molar-refractivity contribution in [3.63, 3.8) is 0 Å². The molecule has 98 valence electrons. The standard InChI is InChI=1S/C13H14N4O2/c1-9-2-7-12(17(18)19)13(16-9)15-8-10-3-5-11(14)6-4-10/h2-7H,8,14H2,1H3,(H,15,16). The van der Waals surface area contributed by atoms with E-state index < -0.39 is 4.92 Å². The van der Waals surface area contributed by atoms with Crippen molar-refractivity contribution in [2.75, 3.05) is 11.1 Å². The van der Waals surface area contributed by atoms with E-state index in [9.17, 15) is 10.1 Å². The van der Waals surface area contributed by atoms with E-state index >= 15 is 0 Å². The van der Waals surface area contributed by atoms with Gasteiger partial charge in [0.05, 0.1) is 4.92 Å². The first kappa shape index (κ1) is 12.8. The lowest BCUT2D eigenvalue weighted by Gasteiger charge is -2.07. The highest BCUT2D eigenvalue weighted by atomic mass is 16.6. The number of nitrogen functional groups attached to an aromatic ring is 1. The summed E-state index contributed by atoms with van der Waals surface area (Å²) in [6, 6.07) is 10.4. The smallest absolute Gasteiger partial charge is 0.311 e. The first-order chi connectivity index (χ1) is 9.06. The molecule has 0 amide bonds. The number of rotatable bonds is 4. The third kappa shape index (κ3) is 3.19. The Hall–Kier alpha value is -2.63. The van der Waals surface area contributed by atoms with Gasteiger partial charge in [0, 0.05) is 24.0 Å². The molecule has 0 fully saturated rings. The minimum atomic E-state index is -0.447. The molecule has 0 atom stereocenters. The fraction of sp³-hybridized carbons (Fsp3) is 0.154. The number of hydrogen-bond donors (Lipinski definition) is 2. The number of benzene rings is 1. The van der Waals surface area contributed by atoms with Crippen molar-refractivity contribution in [2.45, 2.75) is 13.5 Å². The maximum absolute atomic E-state index is 10.9. The monoisotopic (exact) mass is 258 g/mol. The second-order valence-electron chi connectivity index (χ2n) is 4.17. The van der Waals surface area contributed by atoms with Gasteiger partial charge in [-0.3, -0.25) is 10.1 Å². The van der Waals surface area contributed by atoms with Gasteiger partial charge in [0.15, 0.2) is 0 Å². The molecule has 0 saturated carbocycles. The predicted molar refractivity (Wildman–Crippen MR) is 73.8 cm³/mol. The van der Waals surface area contributed by atoms with E-state index in [1.807, 2.05) is 12.1 Å². The molecule has 6 heteroatoms. The van der Waals surface area contributed by atoms with Crippen LogP contribution in [0.3, 0.4) is 0 Å². The fourth-order valence-corrected chi connectivity index (χ4v) is 1.65. The second-order valence-corrected chi connectivity index (χ2v) is 4.17. The lowest BCUT2D eigenvalue weighted by Crippen LogP contribution is -2.05. The molecule has 1 aromatic carbocycles. The molecule has 2 rings (SSSR count). The number of hydrogen-bond acceptors (Lipinski definition) is 5. The Morgan fingerprint density at radius 3 is 2.58 bits per heavy atom. The van der Waals surface area contributed by atoms with Gasteiger partial charge < -0.3 is 11.1 Å². The first-order valence-electron chi connectivity index (χ1n) is 5.76. The van der Waals surface area contributed by atoms with Gasteiger partial charge in [0.1, 0.15) is 0 Å². The lowest BCUT2D eigenvalue weighted by molar-refractivity contribution is -0.384. The van der Waals surface area contributed by atoms with Crippen molar-refractivity contribution in [3.05, 3.63) is 57.8 Å². The minimum Gasteiger partial charge on any atom is -0.399 e. The zero-order valence-corrected chi connectivity index (χ0v) is 10.5. The van der Waals surface area contributed by atoms with E-state index in [2.05, 4.69) is 10.3 Å². The molecule has 0 unspecified atom stereocenters. The number of nitro groups is 1. The highest BCUT2D eigenvalue weighted by molar-refractivity contribution is 5.56. The van der Waals surface area contributed by atoms with Crippen LogP contribution in [0.2, 0.25) is 0 Å². The maximum atomic E-state index is 10.9. The summed E-state index contributed by atoms with van der Waals surface area (Å²) >= 11 is 0. The summed E-state index contributed by atoms with van der Waals surface area (Å²) < 4.78 is 0. The molecule has 0 aliphatic heterocycles. The van der Waals surface area contributed by atoms with E-state index in [0.29, 0.717) is 12.2 Å². The van der Waals surface area contributed by atoms with Gasteiger partial charge in [-0.25, -0.2) is 4.98 Å². The van der Waals surface area contributed by atoms with Crippen molar-refractivity contribution in [1.29, 1.82) is 0 Å². The van der Waals surface area contributed by atoms with E-state index in [-0.39, 0.29) is 11.5 Å². The average molecular weight is 258 g/mol. The number of nitrogens with one attached hydrogen (secondary N) is 1. The topological polar surface area (TPSA) is 94.1 Å². The SMILES string of the molecule is Cc1ccc([N+](=O)[O-])c(NCc2ccc(N)cc2)n1. The van der Waals surface area contributed by atoms with Crippen LogP contribution in [-0.4, -0.2) is 9.91 Å². The zero-order chi connectivity index (χ0) is 13.8. The molecule has 0 spiro atoms. The second kappa shape index (κ2) is 5.34. The number of anilines is 2. The van der Waals surface area contributed by atoms with E-state index in [0.717, 1.165) is 11.3 Å². The van der Waals surface area contributed by atoms with Crippen molar-refractivity contribution in [3.8, 4) is 0 Å². The van der Waals surface area contributed by atoms with Gasteiger partial charge in [-0.05, 0) is 30.7 Å². The quantitative estimate of drug-likeness (QED) is 0.499. The van der Waals surface area contributed by atoms with Crippen LogP contribution in [0.4, 0.5) is 17.2 Å². The van der Waals surface area contributed by atoms with Crippen molar-refractivity contribution in [2.24, 2.45) is 0 Å². The number of nitrogens with zero attached hydrogens (tertiary/aromatic N) is 2. The molecule has 6 nitrogen and oxygen atoms in total. The molecule has 0 radical (unpaired) electrons. The van der Waals surface area contributed by atoms with E-state index in [4.69, 9.17) is 5.73 Å². The highest BCUT2D eigenvalue weighted by Crippen LogP contribution is 2.22. The van der Waals surface area contributed by atoms with Gasteiger partial charge in [-0.15, -0.1) is 0 Å². The molecule has 2 aromatic rings. The summed E-state index contributed by atoms with van der Waals surface area (Å²) in [7, 11) is 0. The molecule has 1 heterocycles. The number of nitrogens with two attached hydrogens (primary N) is 1. The van der Waals surface area contributed by atoms with Crippen LogP contribution in [-0.2, 0) is 6.54 Å². The fourth-order valence-electron chi connectivity index (χ4n) is 1.65. The predicted octanol–water partition coefficient (Wildman–Crippen LogP) is 2.49. The van der Waals surface area contributed by atoms with Crippen molar-refractivity contribution < 1.29 is 4.92 Å². The van der Waals surface area contributed by atoms with Crippen LogP contribution in [0.15, 0.2) is 36.4 Å². The Balaban J connectivity index is 2.16. The number of aromatic nitrogens is 1. The van der Waals surface area contributed by atoms with Crippen LogP contribution >= 0.6 is 0 Å². The van der Waals surface area contributed by atoms with E-state index in [1.54, 1.807) is 25.1 Å². The van der Waals surface area contributed by atoms with Crippen molar-refractivity contribution >= 4 is 17.2 Å². The Bertz CT molecular complexity index is 596. The normalized spacial score (nSPS) is 10.2. The molecule has 1 aromatic heterocycles. The van der Waals surface area contributed by atoms with Crippen LogP contribution < -0.4 is 11.1 Å². The number of aryl methyl sites for hydroxylation is 1. The van der Waals surface area contributed by atoms with Gasteiger partial charge in [-0.1, -0.05) is 12.1 Å². The molecule has 0 bridgehead atoms. The van der Waals surface area contributed by atoms with Gasteiger partial charge in [0.25, 0.3) is 0 Å². The summed E-state index contributed by atoms with van der Waals surface area (Å²) in [6.07, 6.45) is 0. The van der Waals surface area contributed by atoms with Gasteiger partial charge in [-0.2, -0.15) is 0 Å². The van der Waals surface area contributed by atoms with Crippen LogP contribution in [0, 0.1) is 17.0 Å². The molecule has 19 heavy (non-hydrogen) atoms. The van der Waals surface area contributed by atoms with Crippen LogP contribution in [0.1, 0.15) is 11.3 Å². The van der Waals surface area contributed by atoms with Crippen LogP contribution in [0.25, 0.3) is 0 Å². The van der Waals surface area contributed by atoms with Crippen LogP contribution in [0.5, 0.6) is 0 Å². The summed E-state index contributed by atoms with van der Waals surface area (Å²) in [5.41, 5.74) is 7.96. The maximum Gasteiger partial charge on any atom is 0.311 e. The molecule has 3 N–H and O–H groups in total. The third-order valence-electron chi connectivity index (χ3n) is 2.65. The Kier molecular flexibility index (Phi) is 3.61. The Morgan fingerprint density at radius 1 is 1.26 bits per heavy atom. The molecule has 0 saturated heterocycles. The summed E-state index contributed by atoms with van der Waals surface area (Å²) in [4.78, 5) is 14.6. The Labute approximate surface area is 110 Å². The minimum absolute atomic E-state index is 0.0268. The Morgan fingerprint density at radius 2 is 1.95 bits per heavy atom. The van der Waals surface area contributed by atoms with Crippen molar-refractivity contribution in [1.82, 2.24) is 4.98 Å². The lowest BCUT2D eigenvalue weighted by atomic mass is 10.2. The largest absolute Gasteiger partial charge is 0.399 e. The molecular weight excluding hydrogens is 244 g/mol. The summed E-state index contributed by atoms with van der Waals surface area (Å²) in [5.74, 6) is 0.279. The number of pyridine rings is 1. The third-order valence-corrected chi connectivity index (χ3v) is 2.65. The summed E-state index contributed by atoms with van der Waals surface area (Å²) in [6.45, 7) is 2.25. The highest BCUT2D eigenvalue weighted by Gasteiger charge is 2.14. The molecule has 0 aliphatic carbocycles.